The average molecular weight is 243 g/mol. The van der Waals surface area contributed by atoms with Crippen LogP contribution in [0.2, 0.25) is 0 Å². The fourth-order valence-electron chi connectivity index (χ4n) is 2.43. The SMILES string of the molecule is COC1CCC(CC(=O)NC(C)CCO)CC1. The van der Waals surface area contributed by atoms with E-state index >= 15 is 0 Å². The first-order valence-electron chi connectivity index (χ1n) is 6.58. The van der Waals surface area contributed by atoms with Crippen LogP contribution in [0.15, 0.2) is 0 Å². The van der Waals surface area contributed by atoms with E-state index in [0.29, 0.717) is 24.9 Å². The molecule has 1 amide bonds. The van der Waals surface area contributed by atoms with Gasteiger partial charge in [-0.3, -0.25) is 4.79 Å². The van der Waals surface area contributed by atoms with Crippen molar-refractivity contribution in [2.45, 2.75) is 57.6 Å². The molecule has 1 saturated carbocycles. The predicted octanol–water partition coefficient (Wildman–Crippen LogP) is 1.47. The number of methoxy groups -OCH3 is 1. The van der Waals surface area contributed by atoms with E-state index in [-0.39, 0.29) is 18.6 Å². The van der Waals surface area contributed by atoms with Gasteiger partial charge in [-0.15, -0.1) is 0 Å². The minimum Gasteiger partial charge on any atom is -0.396 e. The third kappa shape index (κ3) is 5.50. The van der Waals surface area contributed by atoms with Crippen LogP contribution in [-0.4, -0.2) is 36.9 Å². The Morgan fingerprint density at radius 1 is 1.41 bits per heavy atom. The van der Waals surface area contributed by atoms with Crippen LogP contribution in [0.4, 0.5) is 0 Å². The minimum absolute atomic E-state index is 0.0721. The van der Waals surface area contributed by atoms with E-state index in [1.165, 1.54) is 0 Å². The normalized spacial score (nSPS) is 26.5. The van der Waals surface area contributed by atoms with E-state index in [1.807, 2.05) is 6.92 Å². The number of nitrogens with one attached hydrogen (secondary N) is 1. The molecule has 0 aromatic rings. The number of hydrogen-bond acceptors (Lipinski definition) is 3. The molecule has 0 spiro atoms. The van der Waals surface area contributed by atoms with E-state index in [2.05, 4.69) is 5.32 Å². The molecular weight excluding hydrogens is 218 g/mol. The highest BCUT2D eigenvalue weighted by molar-refractivity contribution is 5.76. The summed E-state index contributed by atoms with van der Waals surface area (Å²) in [5.41, 5.74) is 0. The van der Waals surface area contributed by atoms with Crippen molar-refractivity contribution in [1.82, 2.24) is 5.32 Å². The van der Waals surface area contributed by atoms with Crippen molar-refractivity contribution in [2.75, 3.05) is 13.7 Å². The summed E-state index contributed by atoms with van der Waals surface area (Å²) in [6.45, 7) is 2.05. The summed E-state index contributed by atoms with van der Waals surface area (Å²) >= 11 is 0. The van der Waals surface area contributed by atoms with Crippen LogP contribution < -0.4 is 5.32 Å². The number of amides is 1. The van der Waals surface area contributed by atoms with Gasteiger partial charge in [-0.1, -0.05) is 0 Å². The summed E-state index contributed by atoms with van der Waals surface area (Å²) in [5, 5.41) is 11.7. The molecule has 1 aliphatic carbocycles. The standard InChI is InChI=1S/C13H25NO3/c1-10(7-8-15)14-13(16)9-11-3-5-12(17-2)6-4-11/h10-12,15H,3-9H2,1-2H3,(H,14,16). The van der Waals surface area contributed by atoms with E-state index < -0.39 is 0 Å². The molecule has 0 bridgehead atoms. The second kappa shape index (κ2) is 7.67. The molecule has 4 heteroatoms. The van der Waals surface area contributed by atoms with Gasteiger partial charge in [0.05, 0.1) is 6.10 Å². The molecule has 1 rings (SSSR count). The Morgan fingerprint density at radius 2 is 2.06 bits per heavy atom. The molecule has 1 unspecified atom stereocenters. The average Bonchev–Trinajstić information content (AvgIpc) is 2.30. The summed E-state index contributed by atoms with van der Waals surface area (Å²) < 4.78 is 5.31. The summed E-state index contributed by atoms with van der Waals surface area (Å²) in [5.74, 6) is 0.620. The lowest BCUT2D eigenvalue weighted by Crippen LogP contribution is -2.35. The second-order valence-corrected chi connectivity index (χ2v) is 5.06. The van der Waals surface area contributed by atoms with E-state index in [1.54, 1.807) is 7.11 Å². The zero-order valence-corrected chi connectivity index (χ0v) is 10.9. The topological polar surface area (TPSA) is 58.6 Å². The third-order valence-corrected chi connectivity index (χ3v) is 3.57. The van der Waals surface area contributed by atoms with Gasteiger partial charge >= 0.3 is 0 Å². The number of carbonyl (C=O) groups is 1. The summed E-state index contributed by atoms with van der Waals surface area (Å²) in [4.78, 5) is 11.7. The zero-order valence-electron chi connectivity index (χ0n) is 10.9. The van der Waals surface area contributed by atoms with Gasteiger partial charge in [-0.25, -0.2) is 0 Å². The molecule has 2 N–H and O–H groups in total. The lowest BCUT2D eigenvalue weighted by molar-refractivity contribution is -0.123. The van der Waals surface area contributed by atoms with Crippen molar-refractivity contribution < 1.29 is 14.6 Å². The molecule has 0 aromatic carbocycles. The first-order chi connectivity index (χ1) is 8.15. The molecule has 0 saturated heterocycles. The lowest BCUT2D eigenvalue weighted by atomic mass is 9.85. The molecular formula is C13H25NO3. The minimum atomic E-state index is 0.0721. The number of ether oxygens (including phenoxy) is 1. The number of rotatable bonds is 6. The maximum Gasteiger partial charge on any atom is 0.220 e. The molecule has 1 fully saturated rings. The Bertz CT molecular complexity index is 225. The van der Waals surface area contributed by atoms with Crippen LogP contribution in [0.5, 0.6) is 0 Å². The van der Waals surface area contributed by atoms with Gasteiger partial charge in [-0.2, -0.15) is 0 Å². The number of carbonyl (C=O) groups excluding carboxylic acids is 1. The van der Waals surface area contributed by atoms with Gasteiger partial charge in [0.2, 0.25) is 5.91 Å². The maximum absolute atomic E-state index is 11.7. The fraction of sp³-hybridized carbons (Fsp3) is 0.923. The maximum atomic E-state index is 11.7. The Labute approximate surface area is 104 Å². The molecule has 0 aliphatic heterocycles. The molecule has 1 atom stereocenters. The zero-order chi connectivity index (χ0) is 12.7. The quantitative estimate of drug-likeness (QED) is 0.742. The van der Waals surface area contributed by atoms with Crippen LogP contribution in [0.1, 0.15) is 45.4 Å². The van der Waals surface area contributed by atoms with Crippen molar-refractivity contribution in [1.29, 1.82) is 0 Å². The first-order valence-corrected chi connectivity index (χ1v) is 6.58. The second-order valence-electron chi connectivity index (χ2n) is 5.06. The molecule has 100 valence electrons. The van der Waals surface area contributed by atoms with Crippen LogP contribution >= 0.6 is 0 Å². The van der Waals surface area contributed by atoms with Crippen molar-refractivity contribution in [3.63, 3.8) is 0 Å². The van der Waals surface area contributed by atoms with Crippen molar-refractivity contribution >= 4 is 5.91 Å². The van der Waals surface area contributed by atoms with Crippen LogP contribution in [-0.2, 0) is 9.53 Å². The summed E-state index contributed by atoms with van der Waals surface area (Å²) in [6, 6.07) is 0.0721. The number of hydrogen-bond donors (Lipinski definition) is 2. The molecule has 17 heavy (non-hydrogen) atoms. The highest BCUT2D eigenvalue weighted by Gasteiger charge is 2.23. The van der Waals surface area contributed by atoms with Crippen molar-refractivity contribution in [3.8, 4) is 0 Å². The van der Waals surface area contributed by atoms with E-state index in [4.69, 9.17) is 9.84 Å². The van der Waals surface area contributed by atoms with E-state index in [9.17, 15) is 4.79 Å². The Kier molecular flexibility index (Phi) is 6.52. The largest absolute Gasteiger partial charge is 0.396 e. The molecule has 1 aliphatic rings. The monoisotopic (exact) mass is 243 g/mol. The van der Waals surface area contributed by atoms with Gasteiger partial charge in [0, 0.05) is 26.2 Å². The highest BCUT2D eigenvalue weighted by Crippen LogP contribution is 2.28. The van der Waals surface area contributed by atoms with Crippen LogP contribution in [0.3, 0.4) is 0 Å². The fourth-order valence-corrected chi connectivity index (χ4v) is 2.43. The smallest absolute Gasteiger partial charge is 0.220 e. The number of aliphatic hydroxyl groups excluding tert-OH is 1. The Morgan fingerprint density at radius 3 is 2.59 bits per heavy atom. The summed E-state index contributed by atoms with van der Waals surface area (Å²) in [7, 11) is 1.76. The van der Waals surface area contributed by atoms with Crippen molar-refractivity contribution in [3.05, 3.63) is 0 Å². The molecule has 0 aromatic heterocycles. The predicted molar refractivity (Wildman–Crippen MR) is 66.7 cm³/mol. The van der Waals surface area contributed by atoms with Crippen molar-refractivity contribution in [2.24, 2.45) is 5.92 Å². The third-order valence-electron chi connectivity index (χ3n) is 3.57. The van der Waals surface area contributed by atoms with E-state index in [0.717, 1.165) is 25.7 Å². The lowest BCUT2D eigenvalue weighted by Gasteiger charge is -2.27. The Hall–Kier alpha value is -0.610. The van der Waals surface area contributed by atoms with Gasteiger partial charge in [-0.05, 0) is 44.9 Å². The first kappa shape index (κ1) is 14.5. The van der Waals surface area contributed by atoms with Gasteiger partial charge in [0.15, 0.2) is 0 Å². The van der Waals surface area contributed by atoms with Gasteiger partial charge in [0.1, 0.15) is 0 Å². The molecule has 4 nitrogen and oxygen atoms in total. The highest BCUT2D eigenvalue weighted by atomic mass is 16.5. The number of aliphatic hydroxyl groups is 1. The van der Waals surface area contributed by atoms with Crippen LogP contribution in [0.25, 0.3) is 0 Å². The Balaban J connectivity index is 2.19. The summed E-state index contributed by atoms with van der Waals surface area (Å²) in [6.07, 6.45) is 5.94. The van der Waals surface area contributed by atoms with Crippen LogP contribution in [0, 0.1) is 5.92 Å². The van der Waals surface area contributed by atoms with Gasteiger partial charge < -0.3 is 15.2 Å². The molecule has 0 heterocycles. The van der Waals surface area contributed by atoms with Gasteiger partial charge in [0.25, 0.3) is 0 Å². The molecule has 0 radical (unpaired) electrons.